The number of carbonyl (C=O) groups excluding carboxylic acids is 1. The van der Waals surface area contributed by atoms with E-state index in [-0.39, 0.29) is 41.3 Å². The first kappa shape index (κ1) is 22.8. The van der Waals surface area contributed by atoms with Gasteiger partial charge in [-0.15, -0.1) is 24.0 Å². The number of carbonyl (C=O) groups is 1. The minimum absolute atomic E-state index is 0. The number of ether oxygens (including phenoxy) is 1. The van der Waals surface area contributed by atoms with Gasteiger partial charge in [-0.1, -0.05) is 25.1 Å². The van der Waals surface area contributed by atoms with Gasteiger partial charge in [-0.2, -0.15) is 0 Å². The lowest BCUT2D eigenvalue weighted by Gasteiger charge is -2.20. The first-order chi connectivity index (χ1) is 13.1. The zero-order chi connectivity index (χ0) is 19.3. The van der Waals surface area contributed by atoms with Crippen molar-refractivity contribution in [2.45, 2.75) is 51.0 Å². The molecule has 2 N–H and O–H groups in total. The van der Waals surface area contributed by atoms with Gasteiger partial charge in [0.05, 0.1) is 13.7 Å². The molecule has 1 unspecified atom stereocenters. The van der Waals surface area contributed by atoms with Gasteiger partial charge in [0.1, 0.15) is 5.75 Å². The molecule has 1 heterocycles. The SMILES string of the molecule is CCNC(=NCC1(c2ccccc2OC)CC1)NC1CCN(C(=O)CC)C1.I. The van der Waals surface area contributed by atoms with Crippen LogP contribution < -0.4 is 15.4 Å². The number of aliphatic imine (C=N–C) groups is 1. The number of benzene rings is 1. The Hall–Kier alpha value is -1.51. The Morgan fingerprint density at radius 2 is 2.07 bits per heavy atom. The van der Waals surface area contributed by atoms with Crippen molar-refractivity contribution in [3.63, 3.8) is 0 Å². The summed E-state index contributed by atoms with van der Waals surface area (Å²) in [6, 6.07) is 8.53. The number of halogens is 1. The highest BCUT2D eigenvalue weighted by molar-refractivity contribution is 14.0. The van der Waals surface area contributed by atoms with Crippen molar-refractivity contribution in [1.29, 1.82) is 0 Å². The molecule has 1 saturated carbocycles. The van der Waals surface area contributed by atoms with Crippen LogP contribution in [0.3, 0.4) is 0 Å². The summed E-state index contributed by atoms with van der Waals surface area (Å²) < 4.78 is 5.56. The summed E-state index contributed by atoms with van der Waals surface area (Å²) in [5, 5.41) is 6.87. The third-order valence-electron chi connectivity index (χ3n) is 5.60. The highest BCUT2D eigenvalue weighted by atomic mass is 127. The van der Waals surface area contributed by atoms with Crippen molar-refractivity contribution < 1.29 is 9.53 Å². The largest absolute Gasteiger partial charge is 0.496 e. The average molecular weight is 500 g/mol. The van der Waals surface area contributed by atoms with Crippen LogP contribution in [-0.2, 0) is 10.2 Å². The van der Waals surface area contributed by atoms with Crippen LogP contribution in [0.15, 0.2) is 29.3 Å². The summed E-state index contributed by atoms with van der Waals surface area (Å²) in [7, 11) is 1.73. The standard InChI is InChI=1S/C21H32N4O2.HI/c1-4-19(26)25-13-10-16(14-25)24-20(22-5-2)23-15-21(11-12-21)17-8-6-7-9-18(17)27-3;/h6-9,16H,4-5,10-15H2,1-3H3,(H2,22,23,24);1H. The molecule has 1 atom stereocenters. The van der Waals surface area contributed by atoms with Gasteiger partial charge in [0.2, 0.25) is 5.91 Å². The molecule has 28 heavy (non-hydrogen) atoms. The van der Waals surface area contributed by atoms with Crippen LogP contribution in [0, 0.1) is 0 Å². The Kier molecular flexibility index (Phi) is 8.39. The third-order valence-corrected chi connectivity index (χ3v) is 5.60. The predicted octanol–water partition coefficient (Wildman–Crippen LogP) is 2.91. The minimum atomic E-state index is 0. The Morgan fingerprint density at radius 3 is 2.71 bits per heavy atom. The summed E-state index contributed by atoms with van der Waals surface area (Å²) in [4.78, 5) is 18.7. The molecule has 1 amide bonds. The molecule has 2 fully saturated rings. The van der Waals surface area contributed by atoms with E-state index in [9.17, 15) is 4.79 Å². The van der Waals surface area contributed by atoms with Gasteiger partial charge in [-0.3, -0.25) is 9.79 Å². The molecule has 0 bridgehead atoms. The molecular weight excluding hydrogens is 467 g/mol. The maximum Gasteiger partial charge on any atom is 0.222 e. The van der Waals surface area contributed by atoms with Gasteiger partial charge in [0.25, 0.3) is 0 Å². The smallest absolute Gasteiger partial charge is 0.222 e. The summed E-state index contributed by atoms with van der Waals surface area (Å²) in [6.07, 6.45) is 3.81. The molecule has 2 aliphatic rings. The Bertz CT molecular complexity index is 691. The van der Waals surface area contributed by atoms with Gasteiger partial charge in [-0.25, -0.2) is 0 Å². The number of hydrogen-bond acceptors (Lipinski definition) is 3. The molecule has 0 aromatic heterocycles. The zero-order valence-corrected chi connectivity index (χ0v) is 19.5. The van der Waals surface area contributed by atoms with Crippen molar-refractivity contribution in [1.82, 2.24) is 15.5 Å². The minimum Gasteiger partial charge on any atom is -0.496 e. The lowest BCUT2D eigenvalue weighted by Crippen LogP contribution is -2.45. The zero-order valence-electron chi connectivity index (χ0n) is 17.2. The second kappa shape index (κ2) is 10.3. The number of para-hydroxylation sites is 1. The first-order valence-electron chi connectivity index (χ1n) is 10.1. The summed E-state index contributed by atoms with van der Waals surface area (Å²) >= 11 is 0. The Morgan fingerprint density at radius 1 is 1.32 bits per heavy atom. The van der Waals surface area contributed by atoms with Crippen LogP contribution in [0.5, 0.6) is 5.75 Å². The molecule has 0 radical (unpaired) electrons. The lowest BCUT2D eigenvalue weighted by molar-refractivity contribution is -0.129. The second-order valence-electron chi connectivity index (χ2n) is 7.50. The fourth-order valence-corrected chi connectivity index (χ4v) is 3.82. The molecule has 6 nitrogen and oxygen atoms in total. The van der Waals surface area contributed by atoms with E-state index < -0.39 is 0 Å². The molecule has 7 heteroatoms. The number of methoxy groups -OCH3 is 1. The van der Waals surface area contributed by atoms with Crippen LogP contribution in [0.25, 0.3) is 0 Å². The molecular formula is C21H33IN4O2. The number of amides is 1. The van der Waals surface area contributed by atoms with E-state index in [1.807, 2.05) is 24.0 Å². The number of nitrogens with one attached hydrogen (secondary N) is 2. The highest BCUT2D eigenvalue weighted by Crippen LogP contribution is 2.51. The van der Waals surface area contributed by atoms with Gasteiger partial charge < -0.3 is 20.3 Å². The number of likely N-dealkylation sites (tertiary alicyclic amines) is 1. The van der Waals surface area contributed by atoms with E-state index in [0.29, 0.717) is 6.42 Å². The highest BCUT2D eigenvalue weighted by Gasteiger charge is 2.46. The molecule has 0 spiro atoms. The molecule has 3 rings (SSSR count). The van der Waals surface area contributed by atoms with Crippen molar-refractivity contribution in [3.8, 4) is 5.75 Å². The number of guanidine groups is 1. The van der Waals surface area contributed by atoms with Crippen LogP contribution in [0.1, 0.15) is 45.1 Å². The first-order valence-corrected chi connectivity index (χ1v) is 10.1. The van der Waals surface area contributed by atoms with Crippen molar-refractivity contribution in [3.05, 3.63) is 29.8 Å². The number of hydrogen-bond donors (Lipinski definition) is 2. The maximum atomic E-state index is 11.9. The van der Waals surface area contributed by atoms with Gasteiger partial charge >= 0.3 is 0 Å². The fourth-order valence-electron chi connectivity index (χ4n) is 3.82. The van der Waals surface area contributed by atoms with Crippen LogP contribution in [-0.4, -0.2) is 56.1 Å². The van der Waals surface area contributed by atoms with Gasteiger partial charge in [-0.05, 0) is 32.3 Å². The summed E-state index contributed by atoms with van der Waals surface area (Å²) in [5.41, 5.74) is 1.35. The van der Waals surface area contributed by atoms with Crippen LogP contribution >= 0.6 is 24.0 Å². The number of nitrogens with zero attached hydrogens (tertiary/aromatic N) is 2. The van der Waals surface area contributed by atoms with E-state index in [2.05, 4.69) is 29.7 Å². The number of rotatable bonds is 7. The molecule has 1 aromatic rings. The normalized spacial score (nSPS) is 20.3. The average Bonchev–Trinajstić information content (AvgIpc) is 3.35. The molecule has 156 valence electrons. The monoisotopic (exact) mass is 500 g/mol. The lowest BCUT2D eigenvalue weighted by atomic mass is 9.95. The Labute approximate surface area is 185 Å². The quantitative estimate of drug-likeness (QED) is 0.344. The van der Waals surface area contributed by atoms with E-state index in [1.165, 1.54) is 5.56 Å². The van der Waals surface area contributed by atoms with Gasteiger partial charge in [0.15, 0.2) is 5.96 Å². The van der Waals surface area contributed by atoms with Crippen molar-refractivity contribution >= 4 is 35.8 Å². The second-order valence-corrected chi connectivity index (χ2v) is 7.50. The Balaban J connectivity index is 0.00000280. The van der Waals surface area contributed by atoms with E-state index >= 15 is 0 Å². The van der Waals surface area contributed by atoms with Gasteiger partial charge in [0, 0.05) is 43.1 Å². The maximum absolute atomic E-state index is 11.9. The fraction of sp³-hybridized carbons (Fsp3) is 0.619. The molecule has 1 saturated heterocycles. The predicted molar refractivity (Wildman–Crippen MR) is 124 cm³/mol. The molecule has 1 aliphatic carbocycles. The van der Waals surface area contributed by atoms with Crippen LogP contribution in [0.2, 0.25) is 0 Å². The van der Waals surface area contributed by atoms with E-state index in [4.69, 9.17) is 9.73 Å². The summed E-state index contributed by atoms with van der Waals surface area (Å²) in [6.45, 7) is 7.14. The summed E-state index contributed by atoms with van der Waals surface area (Å²) in [5.74, 6) is 2.02. The third kappa shape index (κ3) is 5.30. The topological polar surface area (TPSA) is 66.0 Å². The van der Waals surface area contributed by atoms with Crippen LogP contribution in [0.4, 0.5) is 0 Å². The molecule has 1 aliphatic heterocycles. The van der Waals surface area contributed by atoms with E-state index in [0.717, 1.165) is 57.2 Å². The van der Waals surface area contributed by atoms with Crippen molar-refractivity contribution in [2.24, 2.45) is 4.99 Å². The van der Waals surface area contributed by atoms with E-state index in [1.54, 1.807) is 7.11 Å². The van der Waals surface area contributed by atoms with Crippen molar-refractivity contribution in [2.75, 3.05) is 33.3 Å². The molecule has 1 aromatic carbocycles.